The number of ether oxygens (including phenoxy) is 2. The molecular weight excluding hydrogens is 182 g/mol. The minimum absolute atomic E-state index is 0.297. The van der Waals surface area contributed by atoms with Gasteiger partial charge in [0, 0.05) is 14.2 Å². The summed E-state index contributed by atoms with van der Waals surface area (Å²) in [5.41, 5.74) is 3.05. The first-order valence-electron chi connectivity index (χ1n) is 5.27. The van der Waals surface area contributed by atoms with Crippen LogP contribution < -0.4 is 5.48 Å². The molecule has 0 saturated heterocycles. The molecule has 0 heterocycles. The SMILES string of the molecule is COCCONC1CCCCC1OC. The van der Waals surface area contributed by atoms with E-state index in [2.05, 4.69) is 5.48 Å². The molecule has 0 aromatic carbocycles. The van der Waals surface area contributed by atoms with Crippen molar-refractivity contribution in [2.75, 3.05) is 27.4 Å². The first-order valence-corrected chi connectivity index (χ1v) is 5.27. The molecule has 0 aliphatic heterocycles. The first kappa shape index (κ1) is 11.9. The van der Waals surface area contributed by atoms with Crippen LogP contribution in [-0.4, -0.2) is 39.6 Å². The summed E-state index contributed by atoms with van der Waals surface area (Å²) in [6.07, 6.45) is 5.07. The average Bonchev–Trinajstić information content (AvgIpc) is 2.25. The van der Waals surface area contributed by atoms with E-state index in [1.54, 1.807) is 14.2 Å². The van der Waals surface area contributed by atoms with Crippen LogP contribution in [0.25, 0.3) is 0 Å². The molecule has 0 spiro atoms. The average molecular weight is 203 g/mol. The first-order chi connectivity index (χ1) is 6.88. The highest BCUT2D eigenvalue weighted by atomic mass is 16.7. The molecule has 0 radical (unpaired) electrons. The highest BCUT2D eigenvalue weighted by molar-refractivity contribution is 4.78. The summed E-state index contributed by atoms with van der Waals surface area (Å²) >= 11 is 0. The number of hydrogen-bond acceptors (Lipinski definition) is 4. The van der Waals surface area contributed by atoms with Crippen molar-refractivity contribution in [2.45, 2.75) is 37.8 Å². The Balaban J connectivity index is 2.13. The maximum absolute atomic E-state index is 5.39. The van der Waals surface area contributed by atoms with Crippen molar-refractivity contribution < 1.29 is 14.3 Å². The second-order valence-electron chi connectivity index (χ2n) is 3.62. The molecule has 1 fully saturated rings. The van der Waals surface area contributed by atoms with Crippen LogP contribution in [0.4, 0.5) is 0 Å². The van der Waals surface area contributed by atoms with Gasteiger partial charge in [0.05, 0.1) is 25.4 Å². The maximum Gasteiger partial charge on any atom is 0.0916 e. The van der Waals surface area contributed by atoms with Crippen molar-refractivity contribution in [3.63, 3.8) is 0 Å². The molecule has 0 aromatic rings. The zero-order chi connectivity index (χ0) is 10.2. The highest BCUT2D eigenvalue weighted by Gasteiger charge is 2.24. The fourth-order valence-electron chi connectivity index (χ4n) is 1.80. The fourth-order valence-corrected chi connectivity index (χ4v) is 1.80. The van der Waals surface area contributed by atoms with Crippen LogP contribution in [0.2, 0.25) is 0 Å². The Morgan fingerprint density at radius 2 is 1.93 bits per heavy atom. The number of nitrogens with one attached hydrogen (secondary N) is 1. The standard InChI is InChI=1S/C10H21NO3/c1-12-7-8-14-11-9-5-3-4-6-10(9)13-2/h9-11H,3-8H2,1-2H3. The van der Waals surface area contributed by atoms with E-state index in [1.165, 1.54) is 12.8 Å². The molecule has 14 heavy (non-hydrogen) atoms. The third-order valence-corrected chi connectivity index (χ3v) is 2.63. The molecule has 4 heteroatoms. The zero-order valence-electron chi connectivity index (χ0n) is 9.12. The molecule has 0 aromatic heterocycles. The molecule has 0 bridgehead atoms. The number of hydrogen-bond donors (Lipinski definition) is 1. The van der Waals surface area contributed by atoms with Gasteiger partial charge < -0.3 is 9.47 Å². The molecule has 84 valence electrons. The molecule has 4 nitrogen and oxygen atoms in total. The van der Waals surface area contributed by atoms with Crippen molar-refractivity contribution in [2.24, 2.45) is 0 Å². The van der Waals surface area contributed by atoms with Crippen LogP contribution >= 0.6 is 0 Å². The summed E-state index contributed by atoms with van der Waals surface area (Å²) in [5.74, 6) is 0. The molecule has 2 atom stereocenters. The molecule has 1 aliphatic rings. The Labute approximate surface area is 85.9 Å². The Hall–Kier alpha value is -0.160. The van der Waals surface area contributed by atoms with Gasteiger partial charge in [0.15, 0.2) is 0 Å². The van der Waals surface area contributed by atoms with Crippen molar-refractivity contribution in [3.8, 4) is 0 Å². The van der Waals surface area contributed by atoms with Gasteiger partial charge in [0.25, 0.3) is 0 Å². The third kappa shape index (κ3) is 3.92. The van der Waals surface area contributed by atoms with Gasteiger partial charge in [-0.25, -0.2) is 0 Å². The van der Waals surface area contributed by atoms with Crippen LogP contribution in [0.3, 0.4) is 0 Å². The van der Waals surface area contributed by atoms with E-state index in [9.17, 15) is 0 Å². The van der Waals surface area contributed by atoms with Gasteiger partial charge in [-0.05, 0) is 12.8 Å². The Kier molecular flexibility index (Phi) is 6.10. The highest BCUT2D eigenvalue weighted by Crippen LogP contribution is 2.20. The molecular formula is C10H21NO3. The lowest BCUT2D eigenvalue weighted by Crippen LogP contribution is -2.43. The molecule has 1 saturated carbocycles. The number of rotatable bonds is 6. The number of hydroxylamine groups is 1. The quantitative estimate of drug-likeness (QED) is 0.518. The van der Waals surface area contributed by atoms with Crippen LogP contribution in [0.1, 0.15) is 25.7 Å². The normalized spacial score (nSPS) is 27.9. The van der Waals surface area contributed by atoms with E-state index in [1.807, 2.05) is 0 Å². The minimum Gasteiger partial charge on any atom is -0.382 e. The predicted molar refractivity (Wildman–Crippen MR) is 54.0 cm³/mol. The molecule has 1 aliphatic carbocycles. The van der Waals surface area contributed by atoms with Gasteiger partial charge in [-0.2, -0.15) is 5.48 Å². The Morgan fingerprint density at radius 1 is 1.14 bits per heavy atom. The Bertz CT molecular complexity index is 143. The van der Waals surface area contributed by atoms with Gasteiger partial charge in [-0.1, -0.05) is 12.8 Å². The van der Waals surface area contributed by atoms with Crippen molar-refractivity contribution in [3.05, 3.63) is 0 Å². The summed E-state index contributed by atoms with van der Waals surface area (Å²) in [6, 6.07) is 0.339. The lowest BCUT2D eigenvalue weighted by Gasteiger charge is -2.30. The maximum atomic E-state index is 5.39. The van der Waals surface area contributed by atoms with Gasteiger partial charge in [-0.15, -0.1) is 0 Å². The van der Waals surface area contributed by atoms with Crippen LogP contribution in [0, 0.1) is 0 Å². The summed E-state index contributed by atoms with van der Waals surface area (Å²) in [6.45, 7) is 1.21. The van der Waals surface area contributed by atoms with Crippen molar-refractivity contribution >= 4 is 0 Å². The van der Waals surface area contributed by atoms with Gasteiger partial charge >= 0.3 is 0 Å². The predicted octanol–water partition coefficient (Wildman–Crippen LogP) is 1.11. The van der Waals surface area contributed by atoms with Crippen LogP contribution in [0.15, 0.2) is 0 Å². The largest absolute Gasteiger partial charge is 0.382 e. The van der Waals surface area contributed by atoms with Crippen LogP contribution in [0.5, 0.6) is 0 Å². The van der Waals surface area contributed by atoms with Crippen LogP contribution in [-0.2, 0) is 14.3 Å². The van der Waals surface area contributed by atoms with Crippen molar-refractivity contribution in [1.29, 1.82) is 0 Å². The van der Waals surface area contributed by atoms with E-state index < -0.39 is 0 Å². The second-order valence-corrected chi connectivity index (χ2v) is 3.62. The Morgan fingerprint density at radius 3 is 2.64 bits per heavy atom. The summed E-state index contributed by atoms with van der Waals surface area (Å²) in [5, 5.41) is 0. The third-order valence-electron chi connectivity index (χ3n) is 2.63. The summed E-state index contributed by atoms with van der Waals surface area (Å²) in [7, 11) is 3.43. The second kappa shape index (κ2) is 7.17. The minimum atomic E-state index is 0.297. The van der Waals surface area contributed by atoms with E-state index in [0.29, 0.717) is 25.4 Å². The smallest absolute Gasteiger partial charge is 0.0916 e. The number of methoxy groups -OCH3 is 2. The molecule has 1 N–H and O–H groups in total. The lowest BCUT2D eigenvalue weighted by atomic mass is 9.93. The summed E-state index contributed by atoms with van der Waals surface area (Å²) in [4.78, 5) is 5.29. The van der Waals surface area contributed by atoms with Crippen molar-refractivity contribution in [1.82, 2.24) is 5.48 Å². The van der Waals surface area contributed by atoms with Gasteiger partial charge in [0.2, 0.25) is 0 Å². The zero-order valence-corrected chi connectivity index (χ0v) is 9.12. The molecule has 2 unspecified atom stereocenters. The monoisotopic (exact) mass is 203 g/mol. The van der Waals surface area contributed by atoms with E-state index in [4.69, 9.17) is 14.3 Å². The van der Waals surface area contributed by atoms with E-state index in [-0.39, 0.29) is 0 Å². The van der Waals surface area contributed by atoms with Gasteiger partial charge in [-0.3, -0.25) is 4.84 Å². The summed E-state index contributed by atoms with van der Waals surface area (Å²) < 4.78 is 10.3. The van der Waals surface area contributed by atoms with Gasteiger partial charge in [0.1, 0.15) is 0 Å². The lowest BCUT2D eigenvalue weighted by molar-refractivity contribution is -0.0612. The molecule has 1 rings (SSSR count). The van der Waals surface area contributed by atoms with E-state index >= 15 is 0 Å². The van der Waals surface area contributed by atoms with E-state index in [0.717, 1.165) is 12.8 Å². The fraction of sp³-hybridized carbons (Fsp3) is 1.00. The molecule has 0 amide bonds. The topological polar surface area (TPSA) is 39.7 Å².